The minimum absolute atomic E-state index is 0.446. The van der Waals surface area contributed by atoms with Crippen molar-refractivity contribution >= 4 is 0 Å². The van der Waals surface area contributed by atoms with Gasteiger partial charge in [0.2, 0.25) is 0 Å². The molecule has 0 aromatic rings. The Balaban J connectivity index is 2.57. The molecular formula is C14H29NO6. The molecule has 1 aliphatic rings. The Morgan fingerprint density at radius 3 is 2.33 bits per heavy atom. The molecule has 7 heteroatoms. The molecule has 7 nitrogen and oxygen atoms in total. The lowest BCUT2D eigenvalue weighted by Crippen LogP contribution is -2.57. The highest BCUT2D eigenvalue weighted by atomic mass is 17.2. The minimum Gasteiger partial charge on any atom is -0.388 e. The van der Waals surface area contributed by atoms with E-state index in [2.05, 4.69) is 0 Å². The van der Waals surface area contributed by atoms with Gasteiger partial charge in [-0.25, -0.2) is 9.78 Å². The van der Waals surface area contributed by atoms with Crippen molar-refractivity contribution in [3.8, 4) is 0 Å². The summed E-state index contributed by atoms with van der Waals surface area (Å²) in [5.74, 6) is 0. The van der Waals surface area contributed by atoms with Crippen molar-refractivity contribution in [3.63, 3.8) is 0 Å². The van der Waals surface area contributed by atoms with Crippen molar-refractivity contribution in [1.29, 1.82) is 0 Å². The van der Waals surface area contributed by atoms with E-state index in [4.69, 9.17) is 20.2 Å². The molecule has 1 aliphatic heterocycles. The van der Waals surface area contributed by atoms with Crippen LogP contribution in [0, 0.1) is 0 Å². The molecule has 0 spiro atoms. The molecule has 126 valence electrons. The number of hydrogen-bond donors (Lipinski definition) is 4. The van der Waals surface area contributed by atoms with E-state index in [1.54, 1.807) is 27.7 Å². The van der Waals surface area contributed by atoms with Crippen LogP contribution in [-0.2, 0) is 14.5 Å². The molecule has 0 radical (unpaired) electrons. The molecule has 0 bridgehead atoms. The van der Waals surface area contributed by atoms with Crippen LogP contribution >= 0.6 is 0 Å². The third kappa shape index (κ3) is 4.35. The monoisotopic (exact) mass is 307 g/mol. The summed E-state index contributed by atoms with van der Waals surface area (Å²) in [4.78, 5) is 10.4. The lowest BCUT2D eigenvalue weighted by molar-refractivity contribution is -0.400. The Morgan fingerprint density at radius 2 is 1.81 bits per heavy atom. The van der Waals surface area contributed by atoms with E-state index in [0.29, 0.717) is 6.42 Å². The second-order valence-electron chi connectivity index (χ2n) is 6.19. The average molecular weight is 307 g/mol. The van der Waals surface area contributed by atoms with Crippen molar-refractivity contribution in [1.82, 2.24) is 0 Å². The fourth-order valence-corrected chi connectivity index (χ4v) is 2.33. The van der Waals surface area contributed by atoms with E-state index in [1.807, 2.05) is 6.92 Å². The van der Waals surface area contributed by atoms with Crippen molar-refractivity contribution < 1.29 is 29.8 Å². The molecule has 0 aliphatic carbocycles. The predicted octanol–water partition coefficient (Wildman–Crippen LogP) is -0.291. The second-order valence-corrected chi connectivity index (χ2v) is 6.19. The van der Waals surface area contributed by atoms with Gasteiger partial charge in [0, 0.05) is 5.54 Å². The molecule has 21 heavy (non-hydrogen) atoms. The zero-order chi connectivity index (χ0) is 16.4. The highest BCUT2D eigenvalue weighted by Crippen LogP contribution is 2.24. The van der Waals surface area contributed by atoms with Crippen LogP contribution in [0.5, 0.6) is 0 Å². The lowest BCUT2D eigenvalue weighted by atomic mass is 9.90. The molecule has 0 aromatic heterocycles. The number of rotatable bonds is 6. The topological polar surface area (TPSA) is 114 Å². The summed E-state index contributed by atoms with van der Waals surface area (Å²) >= 11 is 0. The number of hydrogen-bond acceptors (Lipinski definition) is 7. The van der Waals surface area contributed by atoms with Crippen molar-refractivity contribution in [2.45, 2.75) is 89.3 Å². The van der Waals surface area contributed by atoms with Crippen molar-refractivity contribution in [3.05, 3.63) is 0 Å². The van der Waals surface area contributed by atoms with E-state index in [-0.39, 0.29) is 0 Å². The van der Waals surface area contributed by atoms with Crippen LogP contribution in [0.15, 0.2) is 0 Å². The number of ether oxygens (including phenoxy) is 1. The van der Waals surface area contributed by atoms with Crippen molar-refractivity contribution in [2.24, 2.45) is 5.73 Å². The summed E-state index contributed by atoms with van der Waals surface area (Å²) in [5.41, 5.74) is 5.16. The Morgan fingerprint density at radius 1 is 1.24 bits per heavy atom. The molecule has 8 unspecified atom stereocenters. The van der Waals surface area contributed by atoms with E-state index < -0.39 is 48.3 Å². The Bertz CT molecular complexity index is 327. The molecule has 5 N–H and O–H groups in total. The molecule has 8 atom stereocenters. The highest BCUT2D eigenvalue weighted by Gasteiger charge is 2.43. The largest absolute Gasteiger partial charge is 0.388 e. The molecule has 1 saturated heterocycles. The number of nitrogens with two attached hydrogens (primary N) is 1. The third-order valence-corrected chi connectivity index (χ3v) is 4.26. The first kappa shape index (κ1) is 18.8. The molecular weight excluding hydrogens is 278 g/mol. The predicted molar refractivity (Wildman–Crippen MR) is 76.3 cm³/mol. The Kier molecular flexibility index (Phi) is 6.54. The van der Waals surface area contributed by atoms with E-state index in [1.165, 1.54) is 0 Å². The first-order chi connectivity index (χ1) is 9.61. The van der Waals surface area contributed by atoms with Crippen LogP contribution in [0.1, 0.15) is 41.0 Å². The van der Waals surface area contributed by atoms with Gasteiger partial charge in [-0.05, 0) is 34.1 Å². The van der Waals surface area contributed by atoms with Gasteiger partial charge >= 0.3 is 0 Å². The summed E-state index contributed by atoms with van der Waals surface area (Å²) in [5, 5.41) is 29.9. The van der Waals surface area contributed by atoms with Crippen LogP contribution in [-0.4, -0.2) is 63.6 Å². The van der Waals surface area contributed by atoms with Crippen LogP contribution in [0.3, 0.4) is 0 Å². The van der Waals surface area contributed by atoms with Gasteiger partial charge in [-0.2, -0.15) is 0 Å². The molecule has 1 fully saturated rings. The summed E-state index contributed by atoms with van der Waals surface area (Å²) < 4.78 is 5.46. The quantitative estimate of drug-likeness (QED) is 0.394. The molecule has 1 heterocycles. The van der Waals surface area contributed by atoms with Crippen LogP contribution in [0.25, 0.3) is 0 Å². The maximum absolute atomic E-state index is 10.1. The van der Waals surface area contributed by atoms with Gasteiger partial charge in [0.1, 0.15) is 30.5 Å². The first-order valence-electron chi connectivity index (χ1n) is 7.42. The lowest BCUT2D eigenvalue weighted by Gasteiger charge is -2.40. The zero-order valence-electron chi connectivity index (χ0n) is 13.4. The second kappa shape index (κ2) is 7.32. The fraction of sp³-hybridized carbons (Fsp3) is 1.00. The maximum Gasteiger partial charge on any atom is 0.147 e. The zero-order valence-corrected chi connectivity index (χ0v) is 13.4. The SMILES string of the molecule is CCC(C)(N)C(O)C(C)OOC1C(C)OC(C)C(O)C1O. The highest BCUT2D eigenvalue weighted by molar-refractivity contribution is 4.90. The van der Waals surface area contributed by atoms with E-state index >= 15 is 0 Å². The number of aliphatic hydroxyl groups is 3. The van der Waals surface area contributed by atoms with Gasteiger partial charge in [-0.15, -0.1) is 0 Å². The minimum atomic E-state index is -1.12. The molecule has 0 aromatic carbocycles. The smallest absolute Gasteiger partial charge is 0.147 e. The summed E-state index contributed by atoms with van der Waals surface area (Å²) in [6.07, 6.45) is -4.97. The fourth-order valence-electron chi connectivity index (χ4n) is 2.33. The third-order valence-electron chi connectivity index (χ3n) is 4.26. The maximum atomic E-state index is 10.1. The van der Waals surface area contributed by atoms with Gasteiger partial charge in [-0.1, -0.05) is 6.92 Å². The van der Waals surface area contributed by atoms with Crippen LogP contribution in [0.2, 0.25) is 0 Å². The molecule has 1 rings (SSSR count). The number of aliphatic hydroxyl groups excluding tert-OH is 3. The average Bonchev–Trinajstić information content (AvgIpc) is 2.43. The summed E-state index contributed by atoms with van der Waals surface area (Å²) in [6.45, 7) is 8.62. The standard InChI is InChI=1S/C14H29NO6/c1-6-14(5,15)13(18)9(4)20-21-12-8(3)19-7(2)10(16)11(12)17/h7-13,16-18H,6,15H2,1-5H3. The molecule has 0 saturated carbocycles. The van der Waals surface area contributed by atoms with Gasteiger partial charge in [0.15, 0.2) is 0 Å². The van der Waals surface area contributed by atoms with Crippen molar-refractivity contribution in [2.75, 3.05) is 0 Å². The first-order valence-corrected chi connectivity index (χ1v) is 7.42. The van der Waals surface area contributed by atoms with Gasteiger partial charge < -0.3 is 25.8 Å². The van der Waals surface area contributed by atoms with Crippen LogP contribution in [0.4, 0.5) is 0 Å². The molecule has 0 amide bonds. The Hall–Kier alpha value is -0.280. The van der Waals surface area contributed by atoms with Gasteiger partial charge in [-0.3, -0.25) is 0 Å². The normalized spacial score (nSPS) is 39.6. The van der Waals surface area contributed by atoms with Crippen LogP contribution < -0.4 is 5.73 Å². The van der Waals surface area contributed by atoms with E-state index in [9.17, 15) is 15.3 Å². The summed E-state index contributed by atoms with van der Waals surface area (Å²) in [7, 11) is 0. The van der Waals surface area contributed by atoms with Gasteiger partial charge in [0.05, 0.1) is 12.2 Å². The van der Waals surface area contributed by atoms with E-state index in [0.717, 1.165) is 0 Å². The van der Waals surface area contributed by atoms with Gasteiger partial charge in [0.25, 0.3) is 0 Å². The Labute approximate surface area is 125 Å². The summed E-state index contributed by atoms with van der Waals surface area (Å²) in [6, 6.07) is 0.